The van der Waals surface area contributed by atoms with Crippen molar-refractivity contribution in [2.75, 3.05) is 0 Å². The lowest BCUT2D eigenvalue weighted by atomic mass is 9.67. The van der Waals surface area contributed by atoms with Gasteiger partial charge in [0.2, 0.25) is 0 Å². The smallest absolute Gasteiger partial charge is 0.212 e. The van der Waals surface area contributed by atoms with Crippen LogP contribution < -0.4 is 4.57 Å². The maximum atomic E-state index is 2.93. The number of aromatic nitrogens is 2. The normalized spacial score (nSPS) is 18.7. The van der Waals surface area contributed by atoms with E-state index in [-0.39, 0.29) is 5.54 Å². The fourth-order valence-corrected chi connectivity index (χ4v) is 8.84. The van der Waals surface area contributed by atoms with Gasteiger partial charge in [-0.1, -0.05) is 86.3 Å². The Morgan fingerprint density at radius 1 is 0.658 bits per heavy atom. The maximum Gasteiger partial charge on any atom is 0.296 e. The van der Waals surface area contributed by atoms with Crippen LogP contribution in [0.25, 0.3) is 28.3 Å². The van der Waals surface area contributed by atoms with Gasteiger partial charge in [0.15, 0.2) is 11.4 Å². The van der Waals surface area contributed by atoms with Crippen LogP contribution in [0.4, 0.5) is 0 Å². The molecule has 4 aromatic rings. The van der Waals surface area contributed by atoms with E-state index >= 15 is 0 Å². The average molecular weight is 502 g/mol. The molecule has 2 fully saturated rings. The van der Waals surface area contributed by atoms with Crippen molar-refractivity contribution in [2.45, 2.75) is 84.6 Å². The molecule has 0 spiro atoms. The van der Waals surface area contributed by atoms with Crippen LogP contribution in [-0.2, 0) is 5.54 Å². The van der Waals surface area contributed by atoms with Gasteiger partial charge in [0.25, 0.3) is 5.82 Å². The summed E-state index contributed by atoms with van der Waals surface area (Å²) in [5, 5.41) is 0. The van der Waals surface area contributed by atoms with E-state index in [1.807, 2.05) is 0 Å². The summed E-state index contributed by atoms with van der Waals surface area (Å²) in [6.45, 7) is 9.28. The molecule has 2 nitrogen and oxygen atoms in total. The molecule has 0 atom stereocenters. The zero-order valence-electron chi connectivity index (χ0n) is 23.6. The highest BCUT2D eigenvalue weighted by molar-refractivity contribution is 5.75. The maximum absolute atomic E-state index is 2.93. The number of rotatable bonds is 4. The van der Waals surface area contributed by atoms with Gasteiger partial charge in [0.05, 0.1) is 5.56 Å². The molecule has 0 amide bonds. The third kappa shape index (κ3) is 3.15. The highest BCUT2D eigenvalue weighted by Crippen LogP contribution is 2.57. The lowest BCUT2D eigenvalue weighted by Gasteiger charge is -2.40. The van der Waals surface area contributed by atoms with Gasteiger partial charge in [-0.05, 0) is 69.2 Å². The van der Waals surface area contributed by atoms with E-state index in [4.69, 9.17) is 0 Å². The number of benzene rings is 3. The summed E-state index contributed by atoms with van der Waals surface area (Å²) in [7, 11) is 0. The molecule has 0 radical (unpaired) electrons. The Hall–Kier alpha value is -3.13. The molecule has 0 saturated heterocycles. The molecule has 3 aliphatic rings. The quantitative estimate of drug-likeness (QED) is 0.247. The summed E-state index contributed by atoms with van der Waals surface area (Å²) in [6, 6.07) is 25.4. The molecule has 2 heteroatoms. The van der Waals surface area contributed by atoms with Crippen LogP contribution in [0.2, 0.25) is 0 Å². The number of para-hydroxylation sites is 1. The fourth-order valence-electron chi connectivity index (χ4n) is 8.84. The van der Waals surface area contributed by atoms with Crippen molar-refractivity contribution in [3.8, 4) is 28.3 Å². The number of fused-ring (bicyclic) bond motifs is 3. The van der Waals surface area contributed by atoms with Crippen LogP contribution in [-0.4, -0.2) is 4.57 Å². The molecular weight excluding hydrogens is 460 g/mol. The summed E-state index contributed by atoms with van der Waals surface area (Å²) in [4.78, 5) is 0. The monoisotopic (exact) mass is 501 g/mol. The molecule has 1 aromatic heterocycles. The second-order valence-corrected chi connectivity index (χ2v) is 12.3. The highest BCUT2D eigenvalue weighted by Gasteiger charge is 2.61. The summed E-state index contributed by atoms with van der Waals surface area (Å²) in [5.41, 5.74) is 12.8. The molecule has 1 aliphatic heterocycles. The van der Waals surface area contributed by atoms with Gasteiger partial charge in [0, 0.05) is 29.9 Å². The zero-order chi connectivity index (χ0) is 26.0. The summed E-state index contributed by atoms with van der Waals surface area (Å²) in [5.74, 6) is 2.78. The van der Waals surface area contributed by atoms with Crippen molar-refractivity contribution in [2.24, 2.45) is 11.8 Å². The first-order chi connectivity index (χ1) is 18.5. The molecule has 2 saturated carbocycles. The minimum atomic E-state index is 0.0294. The van der Waals surface area contributed by atoms with Crippen LogP contribution in [0.5, 0.6) is 0 Å². The molecule has 3 aromatic carbocycles. The third-order valence-electron chi connectivity index (χ3n) is 10.3. The lowest BCUT2D eigenvalue weighted by Crippen LogP contribution is -2.63. The van der Waals surface area contributed by atoms with E-state index in [1.54, 1.807) is 5.56 Å². The first-order valence-electron chi connectivity index (χ1n) is 15.0. The van der Waals surface area contributed by atoms with Crippen molar-refractivity contribution in [1.29, 1.82) is 0 Å². The molecule has 0 bridgehead atoms. The first kappa shape index (κ1) is 23.9. The third-order valence-corrected chi connectivity index (χ3v) is 10.3. The van der Waals surface area contributed by atoms with Crippen molar-refractivity contribution in [1.82, 2.24) is 4.57 Å². The average Bonchev–Trinajstić information content (AvgIpc) is 3.71. The van der Waals surface area contributed by atoms with Crippen molar-refractivity contribution in [3.63, 3.8) is 0 Å². The topological polar surface area (TPSA) is 8.81 Å². The van der Waals surface area contributed by atoms with E-state index in [2.05, 4.69) is 104 Å². The van der Waals surface area contributed by atoms with Crippen molar-refractivity contribution < 1.29 is 4.57 Å². The lowest BCUT2D eigenvalue weighted by molar-refractivity contribution is -0.745. The molecule has 0 unspecified atom stereocenters. The molecule has 2 heterocycles. The van der Waals surface area contributed by atoms with Gasteiger partial charge in [-0.15, -0.1) is 0 Å². The van der Waals surface area contributed by atoms with Crippen molar-refractivity contribution in [3.05, 3.63) is 94.7 Å². The van der Waals surface area contributed by atoms with Gasteiger partial charge < -0.3 is 0 Å². The SMILES string of the molecule is Cc1ccccc1-n1c(C)c2[n+](c1-c1c(C)cccc1C)C(C1CCCC1)(C1CCCC1)c1ccccc1-2. The summed E-state index contributed by atoms with van der Waals surface area (Å²) < 4.78 is 5.56. The van der Waals surface area contributed by atoms with Crippen LogP contribution in [0, 0.1) is 39.5 Å². The van der Waals surface area contributed by atoms with Gasteiger partial charge in [0.1, 0.15) is 11.2 Å². The Labute approximate surface area is 228 Å². The standard InChI is InChI=1S/C36H41N2/c1-24-14-5-12-23-32(24)37-27(4)34-30-21-10-11-22-31(30)36(28-17-6-7-18-28,29-19-8-9-20-29)38(34)35(37)33-25(2)15-13-16-26(33)3/h5,10-16,21-23,28-29H,6-9,17-20H2,1-4H3/q+1. The minimum Gasteiger partial charge on any atom is -0.212 e. The van der Waals surface area contributed by atoms with Gasteiger partial charge in [-0.2, -0.15) is 4.57 Å². The van der Waals surface area contributed by atoms with Crippen LogP contribution in [0.15, 0.2) is 66.7 Å². The predicted octanol–water partition coefficient (Wildman–Crippen LogP) is 8.77. The molecule has 38 heavy (non-hydrogen) atoms. The van der Waals surface area contributed by atoms with E-state index in [1.165, 1.54) is 102 Å². The number of imidazole rings is 1. The van der Waals surface area contributed by atoms with E-state index in [0.29, 0.717) is 11.8 Å². The molecule has 7 rings (SSSR count). The molecule has 194 valence electrons. The zero-order valence-corrected chi connectivity index (χ0v) is 23.6. The Morgan fingerprint density at radius 2 is 1.21 bits per heavy atom. The summed E-state index contributed by atoms with van der Waals surface area (Å²) in [6.07, 6.45) is 10.9. The van der Waals surface area contributed by atoms with E-state index in [9.17, 15) is 0 Å². The molecular formula is C36H41N2+. The Balaban J connectivity index is 1.69. The van der Waals surface area contributed by atoms with E-state index in [0.717, 1.165) is 0 Å². The van der Waals surface area contributed by atoms with Gasteiger partial charge in [-0.25, -0.2) is 4.57 Å². The predicted molar refractivity (Wildman–Crippen MR) is 157 cm³/mol. The van der Waals surface area contributed by atoms with Crippen LogP contribution in [0.3, 0.4) is 0 Å². The van der Waals surface area contributed by atoms with Gasteiger partial charge >= 0.3 is 0 Å². The second kappa shape index (κ2) is 8.97. The number of hydrogen-bond acceptors (Lipinski definition) is 0. The molecule has 0 N–H and O–H groups in total. The fraction of sp³-hybridized carbons (Fsp3) is 0.417. The summed E-state index contributed by atoms with van der Waals surface area (Å²) >= 11 is 0. The van der Waals surface area contributed by atoms with Crippen LogP contribution in [0.1, 0.15) is 79.3 Å². The molecule has 2 aliphatic carbocycles. The number of aryl methyl sites for hydroxylation is 3. The first-order valence-corrected chi connectivity index (χ1v) is 15.0. The Morgan fingerprint density at radius 3 is 1.84 bits per heavy atom. The number of hydrogen-bond donors (Lipinski definition) is 0. The second-order valence-electron chi connectivity index (χ2n) is 12.3. The number of nitrogens with zero attached hydrogens (tertiary/aromatic N) is 2. The largest absolute Gasteiger partial charge is 0.296 e. The highest BCUT2D eigenvalue weighted by atomic mass is 15.3. The van der Waals surface area contributed by atoms with E-state index < -0.39 is 0 Å². The Bertz CT molecular complexity index is 1490. The van der Waals surface area contributed by atoms with Crippen molar-refractivity contribution >= 4 is 0 Å². The minimum absolute atomic E-state index is 0.0294. The Kier molecular flexibility index (Phi) is 5.65. The van der Waals surface area contributed by atoms with Gasteiger partial charge in [-0.3, -0.25) is 0 Å². The van der Waals surface area contributed by atoms with Crippen LogP contribution >= 0.6 is 0 Å².